The molecule has 178 valence electrons. The molecule has 0 bridgehead atoms. The lowest BCUT2D eigenvalue weighted by Gasteiger charge is -2.14. The number of aliphatic hydroxyl groups excluding tert-OH is 2. The molecular formula is C21H22O11S. The van der Waals surface area contributed by atoms with E-state index in [-0.39, 0.29) is 11.1 Å². The number of carbonyl (C=O) groups excluding carboxylic acids is 4. The van der Waals surface area contributed by atoms with Crippen LogP contribution in [0.3, 0.4) is 0 Å². The molecule has 0 amide bonds. The van der Waals surface area contributed by atoms with Gasteiger partial charge in [0.2, 0.25) is 0 Å². The monoisotopic (exact) mass is 482 g/mol. The second-order valence-corrected chi connectivity index (χ2v) is 8.24. The molecule has 0 aliphatic carbocycles. The largest absolute Gasteiger partial charge is 0.387 e. The number of hydrogen-bond acceptors (Lipinski definition) is 10. The van der Waals surface area contributed by atoms with Crippen LogP contribution in [0.4, 0.5) is 0 Å². The second kappa shape index (κ2) is 12.0. The summed E-state index contributed by atoms with van der Waals surface area (Å²) in [5.74, 6) is -5.25. The molecule has 2 aromatic rings. The van der Waals surface area contributed by atoms with Crippen molar-refractivity contribution in [3.05, 3.63) is 70.8 Å². The molecule has 0 radical (unpaired) electrons. The van der Waals surface area contributed by atoms with E-state index >= 15 is 0 Å². The Morgan fingerprint density at radius 1 is 0.697 bits per heavy atom. The van der Waals surface area contributed by atoms with E-state index in [2.05, 4.69) is 9.47 Å². The van der Waals surface area contributed by atoms with Crippen molar-refractivity contribution in [1.29, 1.82) is 0 Å². The Morgan fingerprint density at radius 3 is 1.18 bits per heavy atom. The standard InChI is InChI=1S/C20H18O8.CH4O3S/c1-11-3-7-13(8-4-11)17(23)27-19(25)15(21)16(22)20(26)28-18(24)14-9-5-12(2)6-10-14;1-5(2,3)4/h3-10,15-16,21-22H,1-2H3;1H3,(H,2,3,4). The Morgan fingerprint density at radius 2 is 0.939 bits per heavy atom. The van der Waals surface area contributed by atoms with E-state index in [9.17, 15) is 37.8 Å². The highest BCUT2D eigenvalue weighted by atomic mass is 32.2. The maximum Gasteiger partial charge on any atom is 0.346 e. The van der Waals surface area contributed by atoms with E-state index in [4.69, 9.17) is 4.55 Å². The number of ether oxygens (including phenoxy) is 2. The van der Waals surface area contributed by atoms with E-state index < -0.39 is 46.2 Å². The number of hydrogen-bond donors (Lipinski definition) is 3. The summed E-state index contributed by atoms with van der Waals surface area (Å²) in [6, 6.07) is 12.1. The lowest BCUT2D eigenvalue weighted by molar-refractivity contribution is -0.166. The molecule has 0 heterocycles. The van der Waals surface area contributed by atoms with Crippen molar-refractivity contribution in [3.63, 3.8) is 0 Å². The summed E-state index contributed by atoms with van der Waals surface area (Å²) in [5, 5.41) is 19.5. The first-order chi connectivity index (χ1) is 15.2. The number of esters is 4. The fourth-order valence-corrected chi connectivity index (χ4v) is 2.06. The molecule has 0 aliphatic heterocycles. The molecule has 33 heavy (non-hydrogen) atoms. The van der Waals surface area contributed by atoms with Gasteiger partial charge >= 0.3 is 23.9 Å². The maximum atomic E-state index is 11.8. The number of aryl methyl sites for hydroxylation is 2. The molecule has 2 aromatic carbocycles. The summed E-state index contributed by atoms with van der Waals surface area (Å²) in [4.78, 5) is 47.3. The third-order valence-electron chi connectivity index (χ3n) is 3.74. The van der Waals surface area contributed by atoms with Gasteiger partial charge in [0.15, 0.2) is 12.2 Å². The molecule has 11 nitrogen and oxygen atoms in total. The Balaban J connectivity index is 0.000000981. The van der Waals surface area contributed by atoms with E-state index in [1.54, 1.807) is 38.1 Å². The molecule has 0 aliphatic rings. The van der Waals surface area contributed by atoms with Crippen LogP contribution >= 0.6 is 0 Å². The SMILES string of the molecule is CS(=O)(=O)O.Cc1ccc(C(=O)OC(=O)C(O)C(O)C(=O)OC(=O)c2ccc(C)cc2)cc1. The van der Waals surface area contributed by atoms with Gasteiger partial charge in [-0.25, -0.2) is 19.2 Å². The lowest BCUT2D eigenvalue weighted by Crippen LogP contribution is -2.43. The first-order valence-electron chi connectivity index (χ1n) is 9.13. The van der Waals surface area contributed by atoms with E-state index in [0.717, 1.165) is 11.1 Å². The third kappa shape index (κ3) is 10.1. The molecule has 0 fully saturated rings. The normalized spacial score (nSPS) is 12.4. The third-order valence-corrected chi connectivity index (χ3v) is 3.74. The van der Waals surface area contributed by atoms with Gasteiger partial charge in [-0.3, -0.25) is 4.55 Å². The van der Waals surface area contributed by atoms with Crippen molar-refractivity contribution >= 4 is 34.0 Å². The van der Waals surface area contributed by atoms with Crippen LogP contribution in [0.5, 0.6) is 0 Å². The van der Waals surface area contributed by atoms with Crippen molar-refractivity contribution in [2.75, 3.05) is 6.26 Å². The first-order valence-corrected chi connectivity index (χ1v) is 11.0. The van der Waals surface area contributed by atoms with Gasteiger partial charge in [0.25, 0.3) is 10.1 Å². The van der Waals surface area contributed by atoms with Gasteiger partial charge in [-0.15, -0.1) is 0 Å². The van der Waals surface area contributed by atoms with Crippen LogP contribution in [0, 0.1) is 13.8 Å². The zero-order valence-corrected chi connectivity index (χ0v) is 18.6. The highest BCUT2D eigenvalue weighted by Crippen LogP contribution is 2.09. The molecule has 2 atom stereocenters. The maximum absolute atomic E-state index is 11.8. The average molecular weight is 482 g/mol. The molecule has 2 unspecified atom stereocenters. The zero-order valence-electron chi connectivity index (χ0n) is 17.8. The predicted octanol–water partition coefficient (Wildman–Crippen LogP) is 0.596. The molecule has 2 rings (SSSR count). The van der Waals surface area contributed by atoms with Crippen molar-refractivity contribution in [1.82, 2.24) is 0 Å². The molecule has 3 N–H and O–H groups in total. The van der Waals surface area contributed by atoms with Crippen molar-refractivity contribution in [2.24, 2.45) is 0 Å². The van der Waals surface area contributed by atoms with Crippen LogP contribution in [-0.4, -0.2) is 65.5 Å². The summed E-state index contributed by atoms with van der Waals surface area (Å²) in [6.45, 7) is 3.59. The summed E-state index contributed by atoms with van der Waals surface area (Å²) in [7, 11) is -3.67. The van der Waals surface area contributed by atoms with E-state index in [1.807, 2.05) is 0 Å². The van der Waals surface area contributed by atoms with Crippen LogP contribution < -0.4 is 0 Å². The van der Waals surface area contributed by atoms with Gasteiger partial charge in [-0.1, -0.05) is 35.4 Å². The number of benzene rings is 2. The minimum absolute atomic E-state index is 0.0396. The first kappa shape index (κ1) is 27.6. The summed E-state index contributed by atoms with van der Waals surface area (Å²) >= 11 is 0. The van der Waals surface area contributed by atoms with E-state index in [1.165, 1.54) is 24.3 Å². The molecule has 0 spiro atoms. The Kier molecular flexibility index (Phi) is 10.0. The molecule has 0 saturated carbocycles. The smallest absolute Gasteiger partial charge is 0.346 e. The van der Waals surface area contributed by atoms with Crippen molar-refractivity contribution < 1.29 is 51.8 Å². The van der Waals surface area contributed by atoms with Crippen LogP contribution in [0.1, 0.15) is 31.8 Å². The van der Waals surface area contributed by atoms with Crippen LogP contribution in [0.2, 0.25) is 0 Å². The average Bonchev–Trinajstić information content (AvgIpc) is 2.72. The van der Waals surface area contributed by atoms with Gasteiger partial charge in [-0.2, -0.15) is 8.42 Å². The Labute approximate surface area is 189 Å². The number of aliphatic hydroxyl groups is 2. The number of rotatable bonds is 5. The molecule has 0 saturated heterocycles. The minimum atomic E-state index is -3.67. The highest BCUT2D eigenvalue weighted by Gasteiger charge is 2.35. The summed E-state index contributed by atoms with van der Waals surface area (Å²) < 4.78 is 34.7. The van der Waals surface area contributed by atoms with Crippen molar-refractivity contribution in [3.8, 4) is 0 Å². The fraction of sp³-hybridized carbons (Fsp3) is 0.238. The molecule has 12 heteroatoms. The van der Waals surface area contributed by atoms with Crippen LogP contribution in [0.25, 0.3) is 0 Å². The quantitative estimate of drug-likeness (QED) is 0.308. The number of carbonyl (C=O) groups is 4. The minimum Gasteiger partial charge on any atom is -0.387 e. The van der Waals surface area contributed by atoms with Crippen LogP contribution in [-0.2, 0) is 29.2 Å². The van der Waals surface area contributed by atoms with E-state index in [0.29, 0.717) is 6.26 Å². The van der Waals surface area contributed by atoms with Gasteiger partial charge < -0.3 is 19.7 Å². The van der Waals surface area contributed by atoms with Gasteiger partial charge in [0.05, 0.1) is 17.4 Å². The van der Waals surface area contributed by atoms with Crippen molar-refractivity contribution in [2.45, 2.75) is 26.1 Å². The highest BCUT2D eigenvalue weighted by molar-refractivity contribution is 7.85. The predicted molar refractivity (Wildman–Crippen MR) is 113 cm³/mol. The molecular weight excluding hydrogens is 460 g/mol. The zero-order chi connectivity index (χ0) is 25.3. The Bertz CT molecular complexity index is 1020. The second-order valence-electron chi connectivity index (χ2n) is 6.77. The van der Waals surface area contributed by atoms with Gasteiger partial charge in [0.1, 0.15) is 0 Å². The van der Waals surface area contributed by atoms with Crippen LogP contribution in [0.15, 0.2) is 48.5 Å². The van der Waals surface area contributed by atoms with Gasteiger partial charge in [0, 0.05) is 0 Å². The Hall–Kier alpha value is -3.45. The molecule has 0 aromatic heterocycles. The summed E-state index contributed by atoms with van der Waals surface area (Å²) in [5.41, 5.74) is 1.83. The topological polar surface area (TPSA) is 182 Å². The fourth-order valence-electron chi connectivity index (χ4n) is 2.06. The summed E-state index contributed by atoms with van der Waals surface area (Å²) in [6.07, 6.45) is -4.10. The van der Waals surface area contributed by atoms with Gasteiger partial charge in [-0.05, 0) is 38.1 Å². The lowest BCUT2D eigenvalue weighted by atomic mass is 10.1.